The summed E-state index contributed by atoms with van der Waals surface area (Å²) >= 11 is 1.86. The van der Waals surface area contributed by atoms with Crippen molar-refractivity contribution in [2.45, 2.75) is 19.3 Å². The third-order valence-corrected chi connectivity index (χ3v) is 13.9. The van der Waals surface area contributed by atoms with Crippen LogP contribution in [0.15, 0.2) is 194 Å². The summed E-state index contributed by atoms with van der Waals surface area (Å²) in [5.41, 5.74) is 14.9. The monoisotopic (exact) mass is 782 g/mol. The Morgan fingerprint density at radius 1 is 0.367 bits per heavy atom. The lowest BCUT2D eigenvalue weighted by atomic mass is 9.81. The van der Waals surface area contributed by atoms with Crippen LogP contribution < -0.4 is 0 Å². The van der Waals surface area contributed by atoms with Crippen LogP contribution in [0.4, 0.5) is 0 Å². The summed E-state index contributed by atoms with van der Waals surface area (Å²) in [5, 5.41) is 7.52. The van der Waals surface area contributed by atoms with Crippen LogP contribution in [-0.2, 0) is 5.41 Å². The second kappa shape index (κ2) is 13.4. The van der Waals surface area contributed by atoms with E-state index in [0.717, 1.165) is 33.5 Å². The van der Waals surface area contributed by atoms with E-state index < -0.39 is 0 Å². The molecule has 0 amide bonds. The third kappa shape index (κ3) is 5.47. The second-order valence-electron chi connectivity index (χ2n) is 16.5. The molecular weight excluding hydrogens is 745 g/mol. The molecular formula is C57H38N2S. The highest BCUT2D eigenvalue weighted by Gasteiger charge is 2.37. The van der Waals surface area contributed by atoms with Crippen molar-refractivity contribution >= 4 is 53.1 Å². The van der Waals surface area contributed by atoms with E-state index in [-0.39, 0.29) is 5.41 Å². The highest BCUT2D eigenvalue weighted by Crippen LogP contribution is 2.53. The highest BCUT2D eigenvalue weighted by atomic mass is 32.1. The first-order chi connectivity index (χ1) is 29.5. The van der Waals surface area contributed by atoms with E-state index in [0.29, 0.717) is 5.82 Å². The summed E-state index contributed by atoms with van der Waals surface area (Å²) < 4.78 is 2.66. The van der Waals surface area contributed by atoms with Gasteiger partial charge in [0, 0.05) is 42.3 Å². The summed E-state index contributed by atoms with van der Waals surface area (Å²) in [6.45, 7) is 4.70. The molecule has 3 heteroatoms. The van der Waals surface area contributed by atoms with E-state index >= 15 is 0 Å². The zero-order valence-corrected chi connectivity index (χ0v) is 34.1. The van der Waals surface area contributed by atoms with Gasteiger partial charge in [0.2, 0.25) is 0 Å². The fourth-order valence-corrected chi connectivity index (χ4v) is 10.7. The zero-order chi connectivity index (χ0) is 40.0. The summed E-state index contributed by atoms with van der Waals surface area (Å²) in [6, 6.07) is 70.7. The normalized spacial score (nSPS) is 13.0. The van der Waals surface area contributed by atoms with E-state index in [1.807, 2.05) is 17.4 Å². The molecule has 1 aliphatic carbocycles. The molecule has 12 rings (SSSR count). The number of fused-ring (bicyclic) bond motifs is 8. The number of rotatable bonds is 5. The molecule has 1 aliphatic rings. The van der Waals surface area contributed by atoms with Gasteiger partial charge in [-0.25, -0.2) is 9.97 Å². The Hall–Kier alpha value is -7.20. The fourth-order valence-electron chi connectivity index (χ4n) is 9.65. The molecule has 0 radical (unpaired) electrons. The molecule has 11 aromatic rings. The minimum atomic E-state index is -0.153. The Labute approximate surface area is 353 Å². The summed E-state index contributed by atoms with van der Waals surface area (Å²) in [5.74, 6) is 0.717. The maximum atomic E-state index is 5.36. The molecule has 0 aliphatic heterocycles. The highest BCUT2D eigenvalue weighted by molar-refractivity contribution is 7.25. The Morgan fingerprint density at radius 3 is 1.78 bits per heavy atom. The van der Waals surface area contributed by atoms with Gasteiger partial charge in [-0.05, 0) is 102 Å². The largest absolute Gasteiger partial charge is 0.228 e. The smallest absolute Gasteiger partial charge is 0.160 e. The van der Waals surface area contributed by atoms with Gasteiger partial charge in [-0.3, -0.25) is 0 Å². The van der Waals surface area contributed by atoms with Crippen LogP contribution in [0.2, 0.25) is 0 Å². The van der Waals surface area contributed by atoms with Crippen LogP contribution in [0.25, 0.3) is 109 Å². The van der Waals surface area contributed by atoms with Crippen molar-refractivity contribution in [3.8, 4) is 67.3 Å². The van der Waals surface area contributed by atoms with Gasteiger partial charge in [0.05, 0.1) is 11.4 Å². The van der Waals surface area contributed by atoms with Gasteiger partial charge in [-0.2, -0.15) is 0 Å². The molecule has 0 saturated heterocycles. The third-order valence-electron chi connectivity index (χ3n) is 12.7. The van der Waals surface area contributed by atoms with Gasteiger partial charge in [0.15, 0.2) is 5.82 Å². The molecule has 0 saturated carbocycles. The SMILES string of the molecule is CC1(C)c2cc3ccccc3cc2-c2c(-c3cc(-c4ccc(-c5ccc(-c6ccc7sc8ccccc8c7c6)cc5)c5ccccc45)nc(-c4ccccc4)n3)cccc21. The minimum absolute atomic E-state index is 0.153. The van der Waals surface area contributed by atoms with Crippen LogP contribution in [0.3, 0.4) is 0 Å². The Kier molecular flexibility index (Phi) is 7.79. The fraction of sp³-hybridized carbons (Fsp3) is 0.0526. The predicted octanol–water partition coefficient (Wildman–Crippen LogP) is 15.8. The van der Waals surface area contributed by atoms with Crippen LogP contribution >= 0.6 is 11.3 Å². The Balaban J connectivity index is 0.990. The lowest BCUT2D eigenvalue weighted by molar-refractivity contribution is 0.661. The minimum Gasteiger partial charge on any atom is -0.228 e. The van der Waals surface area contributed by atoms with E-state index in [1.54, 1.807) is 0 Å². The number of hydrogen-bond acceptors (Lipinski definition) is 3. The first kappa shape index (κ1) is 34.8. The number of thiophene rings is 1. The number of benzene rings is 9. The first-order valence-corrected chi connectivity index (χ1v) is 21.5. The van der Waals surface area contributed by atoms with Crippen molar-refractivity contribution in [2.24, 2.45) is 0 Å². The second-order valence-corrected chi connectivity index (χ2v) is 17.6. The van der Waals surface area contributed by atoms with Gasteiger partial charge in [0.25, 0.3) is 0 Å². The quantitative estimate of drug-likeness (QED) is 0.174. The van der Waals surface area contributed by atoms with Gasteiger partial charge in [-0.15, -0.1) is 11.3 Å². The predicted molar refractivity (Wildman–Crippen MR) is 255 cm³/mol. The van der Waals surface area contributed by atoms with Gasteiger partial charge >= 0.3 is 0 Å². The number of hydrogen-bond donors (Lipinski definition) is 0. The van der Waals surface area contributed by atoms with Crippen molar-refractivity contribution < 1.29 is 0 Å². The van der Waals surface area contributed by atoms with Crippen molar-refractivity contribution in [1.29, 1.82) is 0 Å². The van der Waals surface area contributed by atoms with Crippen molar-refractivity contribution in [3.63, 3.8) is 0 Å². The first-order valence-electron chi connectivity index (χ1n) is 20.6. The van der Waals surface area contributed by atoms with E-state index in [9.17, 15) is 0 Å². The van der Waals surface area contributed by atoms with Crippen molar-refractivity contribution in [2.75, 3.05) is 0 Å². The Bertz CT molecular complexity index is 3500. The van der Waals surface area contributed by atoms with E-state index in [4.69, 9.17) is 9.97 Å². The maximum absolute atomic E-state index is 5.36. The summed E-state index contributed by atoms with van der Waals surface area (Å²) in [6.07, 6.45) is 0. The Morgan fingerprint density at radius 2 is 0.983 bits per heavy atom. The molecule has 0 atom stereocenters. The van der Waals surface area contributed by atoms with Crippen LogP contribution in [0.5, 0.6) is 0 Å². The molecule has 282 valence electrons. The van der Waals surface area contributed by atoms with Crippen LogP contribution in [0, 0.1) is 0 Å². The van der Waals surface area contributed by atoms with Gasteiger partial charge in [-0.1, -0.05) is 172 Å². The van der Waals surface area contributed by atoms with Crippen LogP contribution in [0.1, 0.15) is 25.0 Å². The maximum Gasteiger partial charge on any atom is 0.160 e. The van der Waals surface area contributed by atoms with E-state index in [1.165, 1.54) is 80.8 Å². The van der Waals surface area contributed by atoms with Gasteiger partial charge < -0.3 is 0 Å². The molecule has 0 fully saturated rings. The van der Waals surface area contributed by atoms with Crippen molar-refractivity contribution in [3.05, 3.63) is 205 Å². The lowest BCUT2D eigenvalue weighted by Gasteiger charge is -2.22. The average Bonchev–Trinajstić information content (AvgIpc) is 3.79. The van der Waals surface area contributed by atoms with Gasteiger partial charge in [0.1, 0.15) is 0 Å². The van der Waals surface area contributed by atoms with E-state index in [2.05, 4.69) is 202 Å². The van der Waals surface area contributed by atoms with Crippen molar-refractivity contribution in [1.82, 2.24) is 9.97 Å². The molecule has 0 spiro atoms. The standard InChI is InChI=1S/C57H38N2S/c1-57(2)49-21-12-20-46(55(49)48-32-38-15-6-7-16-39(38)33-50(48)57)52-34-51(58-56(59-52)37-13-4-3-5-14-37)44-29-28-41(42-17-8-9-18-43(42)44)36-25-23-35(24-26-36)40-27-30-54-47(31-40)45-19-10-11-22-53(45)60-54/h3-34H,1-2H3. The molecule has 0 unspecified atom stereocenters. The average molecular weight is 783 g/mol. The molecule has 0 bridgehead atoms. The summed E-state index contributed by atoms with van der Waals surface area (Å²) in [7, 11) is 0. The molecule has 0 N–H and O–H groups in total. The molecule has 9 aromatic carbocycles. The zero-order valence-electron chi connectivity index (χ0n) is 33.3. The molecule has 2 heterocycles. The molecule has 2 nitrogen and oxygen atoms in total. The topological polar surface area (TPSA) is 25.8 Å². The summed E-state index contributed by atoms with van der Waals surface area (Å²) in [4.78, 5) is 10.7. The lowest BCUT2D eigenvalue weighted by Crippen LogP contribution is -2.14. The number of nitrogens with zero attached hydrogens (tertiary/aromatic N) is 2. The molecule has 2 aromatic heterocycles. The number of aromatic nitrogens is 2. The van der Waals surface area contributed by atoms with Crippen LogP contribution in [-0.4, -0.2) is 9.97 Å². The molecule has 60 heavy (non-hydrogen) atoms.